The summed E-state index contributed by atoms with van der Waals surface area (Å²) in [5.74, 6) is 0.761. The zero-order chi connectivity index (χ0) is 9.47. The highest BCUT2D eigenvalue weighted by Crippen LogP contribution is 2.49. The molecule has 1 fully saturated rings. The Hall–Kier alpha value is -1.18. The van der Waals surface area contributed by atoms with Crippen molar-refractivity contribution in [3.8, 4) is 0 Å². The zero-order valence-corrected chi connectivity index (χ0v) is 7.95. The van der Waals surface area contributed by atoms with Crippen LogP contribution in [-0.4, -0.2) is 10.8 Å². The Bertz CT molecular complexity index is 329. The molecule has 1 aliphatic carbocycles. The van der Waals surface area contributed by atoms with Gasteiger partial charge in [-0.25, -0.2) is 0 Å². The molecule has 1 aromatic heterocycles. The quantitative estimate of drug-likeness (QED) is 0.654. The van der Waals surface area contributed by atoms with Crippen molar-refractivity contribution in [1.82, 2.24) is 4.98 Å². The Balaban J connectivity index is 2.27. The molecule has 2 heteroatoms. The van der Waals surface area contributed by atoms with Crippen molar-refractivity contribution < 1.29 is 4.79 Å². The van der Waals surface area contributed by atoms with E-state index in [1.807, 2.05) is 26.0 Å². The molecule has 1 heterocycles. The van der Waals surface area contributed by atoms with Crippen LogP contribution < -0.4 is 0 Å². The van der Waals surface area contributed by atoms with Gasteiger partial charge in [-0.15, -0.1) is 0 Å². The molecule has 13 heavy (non-hydrogen) atoms. The summed E-state index contributed by atoms with van der Waals surface area (Å²) in [6, 6.07) is 4.00. The molecule has 1 aliphatic rings. The van der Waals surface area contributed by atoms with Gasteiger partial charge >= 0.3 is 0 Å². The average Bonchev–Trinajstić information content (AvgIpc) is 2.15. The van der Waals surface area contributed by atoms with Crippen LogP contribution in [0.3, 0.4) is 0 Å². The van der Waals surface area contributed by atoms with Crippen molar-refractivity contribution in [3.63, 3.8) is 0 Å². The summed E-state index contributed by atoms with van der Waals surface area (Å²) in [5.41, 5.74) is 1.07. The van der Waals surface area contributed by atoms with E-state index in [0.717, 1.165) is 0 Å². The van der Waals surface area contributed by atoms with Crippen molar-refractivity contribution in [3.05, 3.63) is 30.1 Å². The zero-order valence-electron chi connectivity index (χ0n) is 7.95. The van der Waals surface area contributed by atoms with Crippen LogP contribution in [0.15, 0.2) is 24.5 Å². The Morgan fingerprint density at radius 2 is 2.00 bits per heavy atom. The van der Waals surface area contributed by atoms with Gasteiger partial charge in [0.05, 0.1) is 0 Å². The number of pyridine rings is 1. The second-order valence-corrected chi connectivity index (χ2v) is 4.18. The third kappa shape index (κ3) is 1.17. The lowest BCUT2D eigenvalue weighted by atomic mass is 9.59. The molecule has 0 N–H and O–H groups in total. The maximum Gasteiger partial charge on any atom is 0.139 e. The second-order valence-electron chi connectivity index (χ2n) is 4.18. The van der Waals surface area contributed by atoms with Crippen LogP contribution in [0.2, 0.25) is 0 Å². The number of rotatable bonds is 1. The maximum atomic E-state index is 11.3. The molecule has 0 saturated heterocycles. The van der Waals surface area contributed by atoms with Crippen LogP contribution >= 0.6 is 0 Å². The monoisotopic (exact) mass is 175 g/mol. The van der Waals surface area contributed by atoms with Gasteiger partial charge in [-0.1, -0.05) is 13.8 Å². The summed E-state index contributed by atoms with van der Waals surface area (Å²) in [4.78, 5) is 15.3. The summed E-state index contributed by atoms with van der Waals surface area (Å²) in [6.07, 6.45) is 4.26. The molecule has 1 aromatic rings. The number of hydrogen-bond acceptors (Lipinski definition) is 2. The predicted octanol–water partition coefficient (Wildman–Crippen LogP) is 2.16. The third-order valence-electron chi connectivity index (χ3n) is 3.09. The van der Waals surface area contributed by atoms with Crippen LogP contribution in [0, 0.1) is 5.41 Å². The first kappa shape index (κ1) is 8.42. The van der Waals surface area contributed by atoms with Crippen LogP contribution in [0.4, 0.5) is 0 Å². The fourth-order valence-corrected chi connectivity index (χ4v) is 1.90. The third-order valence-corrected chi connectivity index (χ3v) is 3.09. The molecule has 0 aromatic carbocycles. The van der Waals surface area contributed by atoms with E-state index in [0.29, 0.717) is 18.1 Å². The first-order valence-electron chi connectivity index (χ1n) is 4.55. The Labute approximate surface area is 78.0 Å². The van der Waals surface area contributed by atoms with Gasteiger partial charge in [0.15, 0.2) is 0 Å². The van der Waals surface area contributed by atoms with Gasteiger partial charge in [-0.3, -0.25) is 9.78 Å². The summed E-state index contributed by atoms with van der Waals surface area (Å²) in [7, 11) is 0. The molecule has 2 rings (SSSR count). The van der Waals surface area contributed by atoms with Gasteiger partial charge < -0.3 is 0 Å². The van der Waals surface area contributed by atoms with Crippen LogP contribution in [-0.2, 0) is 4.79 Å². The van der Waals surface area contributed by atoms with Gasteiger partial charge in [0.25, 0.3) is 0 Å². The maximum absolute atomic E-state index is 11.3. The van der Waals surface area contributed by atoms with E-state index < -0.39 is 0 Å². The number of hydrogen-bond donors (Lipinski definition) is 0. The van der Waals surface area contributed by atoms with Crippen molar-refractivity contribution >= 4 is 5.78 Å². The Morgan fingerprint density at radius 3 is 2.46 bits per heavy atom. The van der Waals surface area contributed by atoms with Gasteiger partial charge in [0, 0.05) is 30.1 Å². The van der Waals surface area contributed by atoms with Gasteiger partial charge in [-0.2, -0.15) is 0 Å². The summed E-state index contributed by atoms with van der Waals surface area (Å²) in [6.45, 7) is 4.04. The molecule has 2 nitrogen and oxygen atoms in total. The van der Waals surface area contributed by atoms with Crippen LogP contribution in [0.5, 0.6) is 0 Å². The van der Waals surface area contributed by atoms with Crippen LogP contribution in [0.25, 0.3) is 0 Å². The van der Waals surface area contributed by atoms with E-state index in [1.54, 1.807) is 12.4 Å². The van der Waals surface area contributed by atoms with E-state index >= 15 is 0 Å². The minimum Gasteiger partial charge on any atom is -0.299 e. The number of carbonyl (C=O) groups excluding carboxylic acids is 1. The molecule has 1 atom stereocenters. The standard InChI is InChI=1S/C11H13NO/c1-11(2)9(7-10(11)13)8-3-5-12-6-4-8/h3-6,9H,7H2,1-2H3. The molecule has 0 amide bonds. The van der Waals surface area contributed by atoms with E-state index in [2.05, 4.69) is 4.98 Å². The minimum atomic E-state index is -0.165. The lowest BCUT2D eigenvalue weighted by molar-refractivity contribution is -0.137. The SMILES string of the molecule is CC1(C)C(=O)CC1c1ccncc1. The first-order chi connectivity index (χ1) is 6.12. The largest absolute Gasteiger partial charge is 0.299 e. The fraction of sp³-hybridized carbons (Fsp3) is 0.455. The molecular weight excluding hydrogens is 162 g/mol. The topological polar surface area (TPSA) is 30.0 Å². The molecule has 1 saturated carbocycles. The predicted molar refractivity (Wildman–Crippen MR) is 50.4 cm³/mol. The molecule has 1 unspecified atom stereocenters. The molecule has 68 valence electrons. The number of nitrogens with zero attached hydrogens (tertiary/aromatic N) is 1. The number of ketones is 1. The Kier molecular flexibility index (Phi) is 1.72. The molecule has 0 bridgehead atoms. The molecule has 0 radical (unpaired) electrons. The normalized spacial score (nSPS) is 25.4. The summed E-state index contributed by atoms with van der Waals surface area (Å²) < 4.78 is 0. The van der Waals surface area contributed by atoms with Crippen molar-refractivity contribution in [1.29, 1.82) is 0 Å². The Morgan fingerprint density at radius 1 is 1.38 bits per heavy atom. The first-order valence-corrected chi connectivity index (χ1v) is 4.55. The number of carbonyl (C=O) groups is 1. The minimum absolute atomic E-state index is 0.165. The van der Waals surface area contributed by atoms with Crippen molar-refractivity contribution in [2.75, 3.05) is 0 Å². The lowest BCUT2D eigenvalue weighted by Crippen LogP contribution is -2.43. The molecule has 0 aliphatic heterocycles. The van der Waals surface area contributed by atoms with E-state index in [4.69, 9.17) is 0 Å². The van der Waals surface area contributed by atoms with E-state index in [1.165, 1.54) is 5.56 Å². The highest BCUT2D eigenvalue weighted by molar-refractivity contribution is 5.92. The van der Waals surface area contributed by atoms with Gasteiger partial charge in [-0.05, 0) is 17.7 Å². The van der Waals surface area contributed by atoms with Crippen molar-refractivity contribution in [2.45, 2.75) is 26.2 Å². The van der Waals surface area contributed by atoms with Gasteiger partial charge in [0.1, 0.15) is 5.78 Å². The highest BCUT2D eigenvalue weighted by Gasteiger charge is 2.47. The molecular formula is C11H13NO. The van der Waals surface area contributed by atoms with E-state index in [9.17, 15) is 4.79 Å². The van der Waals surface area contributed by atoms with Crippen molar-refractivity contribution in [2.24, 2.45) is 5.41 Å². The smallest absolute Gasteiger partial charge is 0.139 e. The number of aromatic nitrogens is 1. The highest BCUT2D eigenvalue weighted by atomic mass is 16.1. The summed E-state index contributed by atoms with van der Waals surface area (Å²) in [5, 5.41) is 0. The summed E-state index contributed by atoms with van der Waals surface area (Å²) >= 11 is 0. The molecule has 0 spiro atoms. The number of Topliss-reactive ketones (excluding diaryl/α,β-unsaturated/α-hetero) is 1. The average molecular weight is 175 g/mol. The second kappa shape index (κ2) is 2.66. The van der Waals surface area contributed by atoms with Gasteiger partial charge in [0.2, 0.25) is 0 Å². The van der Waals surface area contributed by atoms with Crippen LogP contribution in [0.1, 0.15) is 31.7 Å². The fourth-order valence-electron chi connectivity index (χ4n) is 1.90. The lowest BCUT2D eigenvalue weighted by Gasteiger charge is -2.42. The van der Waals surface area contributed by atoms with E-state index in [-0.39, 0.29) is 5.41 Å².